The number of carbonyl (C=O) groups is 1. The summed E-state index contributed by atoms with van der Waals surface area (Å²) < 4.78 is 4.50. The Labute approximate surface area is 99.1 Å². The molecule has 0 saturated carbocycles. The van der Waals surface area contributed by atoms with Crippen molar-refractivity contribution in [2.24, 2.45) is 0 Å². The van der Waals surface area contributed by atoms with E-state index in [1.165, 1.54) is 12.1 Å². The average Bonchev–Trinajstić information content (AvgIpc) is 2.92. The van der Waals surface area contributed by atoms with Crippen molar-refractivity contribution >= 4 is 17.1 Å². The van der Waals surface area contributed by atoms with Crippen LogP contribution in [0.2, 0.25) is 0 Å². The number of fused-ring (bicyclic) bond motifs is 4. The normalized spacial score (nSPS) is 12.8. The summed E-state index contributed by atoms with van der Waals surface area (Å²) in [7, 11) is 0. The van der Waals surface area contributed by atoms with E-state index in [1.807, 2.05) is 0 Å². The van der Waals surface area contributed by atoms with Gasteiger partial charge in [0, 0.05) is 11.1 Å². The van der Waals surface area contributed by atoms with E-state index in [0.717, 1.165) is 0 Å². The molecule has 7 heteroatoms. The molecular weight excluding hydrogens is 236 g/mol. The molecule has 1 aliphatic carbocycles. The first-order chi connectivity index (χ1) is 8.74. The van der Waals surface area contributed by atoms with Gasteiger partial charge in [0.25, 0.3) is 0 Å². The molecule has 0 bridgehead atoms. The molecule has 0 spiro atoms. The summed E-state index contributed by atoms with van der Waals surface area (Å²) >= 11 is 0. The second kappa shape index (κ2) is 2.89. The van der Waals surface area contributed by atoms with Gasteiger partial charge in [0.05, 0.1) is 0 Å². The van der Waals surface area contributed by atoms with Gasteiger partial charge in [-0.15, -0.1) is 0 Å². The maximum absolute atomic E-state index is 12.1. The van der Waals surface area contributed by atoms with Crippen LogP contribution in [-0.4, -0.2) is 31.2 Å². The maximum Gasteiger partial charge on any atom is 0.244 e. The van der Waals surface area contributed by atoms with E-state index in [1.54, 1.807) is 6.07 Å². The van der Waals surface area contributed by atoms with Crippen molar-refractivity contribution in [1.82, 2.24) is 20.3 Å². The Balaban J connectivity index is 2.13. The molecule has 2 aromatic heterocycles. The van der Waals surface area contributed by atoms with Crippen molar-refractivity contribution in [1.29, 1.82) is 0 Å². The van der Waals surface area contributed by atoms with Crippen LogP contribution < -0.4 is 0 Å². The first-order valence-electron chi connectivity index (χ1n) is 5.12. The third kappa shape index (κ3) is 1.000. The Kier molecular flexibility index (Phi) is 1.48. The predicted molar refractivity (Wildman–Crippen MR) is 57.9 cm³/mol. The Morgan fingerprint density at radius 1 is 1.00 bits per heavy atom. The highest BCUT2D eigenvalue weighted by atomic mass is 16.6. The summed E-state index contributed by atoms with van der Waals surface area (Å²) in [6.45, 7) is 0. The van der Waals surface area contributed by atoms with Crippen LogP contribution in [0.5, 0.6) is 5.75 Å². The van der Waals surface area contributed by atoms with E-state index in [4.69, 9.17) is 0 Å². The molecule has 1 N–H and O–H groups in total. The predicted octanol–water partition coefficient (Wildman–Crippen LogP) is 0.930. The van der Waals surface area contributed by atoms with E-state index in [-0.39, 0.29) is 28.5 Å². The third-order valence-electron chi connectivity index (χ3n) is 2.83. The van der Waals surface area contributed by atoms with Crippen molar-refractivity contribution in [3.05, 3.63) is 29.5 Å². The zero-order valence-electron chi connectivity index (χ0n) is 8.78. The number of carbonyl (C=O) groups excluding carboxylic acids is 1. The van der Waals surface area contributed by atoms with Crippen LogP contribution in [0.3, 0.4) is 0 Å². The van der Waals surface area contributed by atoms with Crippen LogP contribution in [0.15, 0.2) is 22.8 Å². The molecule has 0 fully saturated rings. The van der Waals surface area contributed by atoms with Crippen molar-refractivity contribution in [3.63, 3.8) is 0 Å². The number of phenols is 1. The summed E-state index contributed by atoms with van der Waals surface area (Å²) in [5, 5.41) is 16.6. The van der Waals surface area contributed by atoms with Gasteiger partial charge in [-0.1, -0.05) is 0 Å². The fourth-order valence-corrected chi connectivity index (χ4v) is 2.04. The molecule has 0 unspecified atom stereocenters. The molecule has 7 nitrogen and oxygen atoms in total. The molecule has 0 amide bonds. The third-order valence-corrected chi connectivity index (χ3v) is 2.83. The summed E-state index contributed by atoms with van der Waals surface area (Å²) in [6, 6.07) is 4.48. The number of rotatable bonds is 0. The quantitative estimate of drug-likeness (QED) is 0.487. The SMILES string of the molecule is O=C1c2ccc(O)cc2-c2nc3nonc3nc21. The van der Waals surface area contributed by atoms with Gasteiger partial charge in [-0.05, 0) is 28.5 Å². The maximum atomic E-state index is 12.1. The van der Waals surface area contributed by atoms with Gasteiger partial charge in [-0.2, -0.15) is 0 Å². The average molecular weight is 240 g/mol. The van der Waals surface area contributed by atoms with Crippen LogP contribution in [-0.2, 0) is 0 Å². The van der Waals surface area contributed by atoms with Gasteiger partial charge in [-0.3, -0.25) is 4.79 Å². The Morgan fingerprint density at radius 3 is 2.50 bits per heavy atom. The Morgan fingerprint density at radius 2 is 1.72 bits per heavy atom. The summed E-state index contributed by atoms with van der Waals surface area (Å²) in [4.78, 5) is 20.4. The van der Waals surface area contributed by atoms with Crippen LogP contribution >= 0.6 is 0 Å². The van der Waals surface area contributed by atoms with Crippen LogP contribution in [0, 0.1) is 0 Å². The number of aromatic nitrogens is 4. The fourth-order valence-electron chi connectivity index (χ4n) is 2.04. The molecule has 4 rings (SSSR count). The first kappa shape index (κ1) is 9.23. The van der Waals surface area contributed by atoms with Gasteiger partial charge in [-0.25, -0.2) is 14.6 Å². The van der Waals surface area contributed by atoms with E-state index in [2.05, 4.69) is 24.9 Å². The molecular formula is C11H4N4O3. The van der Waals surface area contributed by atoms with Gasteiger partial charge < -0.3 is 5.11 Å². The van der Waals surface area contributed by atoms with Crippen molar-refractivity contribution in [2.45, 2.75) is 0 Å². The van der Waals surface area contributed by atoms with Crippen molar-refractivity contribution in [3.8, 4) is 17.0 Å². The summed E-state index contributed by atoms with van der Waals surface area (Å²) in [5.41, 5.74) is 2.05. The standard InChI is InChI=1S/C11H4N4O3/c16-4-1-2-5-6(3-4)7-8(9(5)17)13-11-10(12-7)14-18-15-11/h1-3,16H. The van der Waals surface area contributed by atoms with Gasteiger partial charge in [0.15, 0.2) is 0 Å². The number of ketones is 1. The molecule has 2 heterocycles. The number of aromatic hydroxyl groups is 1. The van der Waals surface area contributed by atoms with Crippen molar-refractivity contribution in [2.75, 3.05) is 0 Å². The zero-order chi connectivity index (χ0) is 12.3. The van der Waals surface area contributed by atoms with E-state index in [0.29, 0.717) is 16.8 Å². The second-order valence-electron chi connectivity index (χ2n) is 3.89. The van der Waals surface area contributed by atoms with Crippen LogP contribution in [0.4, 0.5) is 0 Å². The highest BCUT2D eigenvalue weighted by Gasteiger charge is 2.31. The number of hydrogen-bond acceptors (Lipinski definition) is 7. The molecule has 0 aliphatic heterocycles. The zero-order valence-corrected chi connectivity index (χ0v) is 8.78. The number of phenolic OH excluding ortho intramolecular Hbond substituents is 1. The molecule has 1 aliphatic rings. The minimum atomic E-state index is -0.239. The largest absolute Gasteiger partial charge is 0.508 e. The lowest BCUT2D eigenvalue weighted by Crippen LogP contribution is -1.99. The molecule has 0 saturated heterocycles. The topological polar surface area (TPSA) is 102 Å². The van der Waals surface area contributed by atoms with E-state index >= 15 is 0 Å². The van der Waals surface area contributed by atoms with Crippen molar-refractivity contribution < 1.29 is 14.5 Å². The Bertz CT molecular complexity index is 824. The lowest BCUT2D eigenvalue weighted by Gasteiger charge is -1.98. The smallest absolute Gasteiger partial charge is 0.244 e. The fraction of sp³-hybridized carbons (Fsp3) is 0. The highest BCUT2D eigenvalue weighted by molar-refractivity contribution is 6.20. The number of hydrogen-bond donors (Lipinski definition) is 1. The monoisotopic (exact) mass is 240 g/mol. The minimum Gasteiger partial charge on any atom is -0.508 e. The number of benzene rings is 1. The van der Waals surface area contributed by atoms with Crippen LogP contribution in [0.1, 0.15) is 16.1 Å². The molecule has 3 aromatic rings. The lowest BCUT2D eigenvalue weighted by molar-refractivity contribution is 0.103. The summed E-state index contributed by atoms with van der Waals surface area (Å²) in [6.07, 6.45) is 0. The molecule has 0 radical (unpaired) electrons. The van der Waals surface area contributed by atoms with Gasteiger partial charge in [0.2, 0.25) is 17.1 Å². The first-order valence-corrected chi connectivity index (χ1v) is 5.12. The summed E-state index contributed by atoms with van der Waals surface area (Å²) in [5.74, 6) is -0.174. The molecule has 18 heavy (non-hydrogen) atoms. The molecule has 1 aromatic carbocycles. The van der Waals surface area contributed by atoms with Gasteiger partial charge >= 0.3 is 0 Å². The number of nitrogens with zero attached hydrogens (tertiary/aromatic N) is 4. The molecule has 0 atom stereocenters. The Hall–Kier alpha value is -2.83. The second-order valence-corrected chi connectivity index (χ2v) is 3.89. The van der Waals surface area contributed by atoms with E-state index < -0.39 is 0 Å². The molecule has 86 valence electrons. The van der Waals surface area contributed by atoms with Crippen LogP contribution in [0.25, 0.3) is 22.6 Å². The van der Waals surface area contributed by atoms with E-state index in [9.17, 15) is 9.90 Å². The highest BCUT2D eigenvalue weighted by Crippen LogP contribution is 2.36. The minimum absolute atomic E-state index is 0.0644. The lowest BCUT2D eigenvalue weighted by atomic mass is 10.1. The van der Waals surface area contributed by atoms with Gasteiger partial charge in [0.1, 0.15) is 17.1 Å².